The highest BCUT2D eigenvalue weighted by Crippen LogP contribution is 2.38. The van der Waals surface area contributed by atoms with Gasteiger partial charge in [0, 0.05) is 12.0 Å². The van der Waals surface area contributed by atoms with Crippen molar-refractivity contribution in [3.05, 3.63) is 34.9 Å². The molecule has 2 rings (SSSR count). The highest BCUT2D eigenvalue weighted by Gasteiger charge is 2.30. The molecule has 0 heterocycles. The summed E-state index contributed by atoms with van der Waals surface area (Å²) >= 11 is 0. The average molecular weight is 345 g/mol. The third-order valence-corrected chi connectivity index (χ3v) is 3.74. The number of hydrogen-bond donors (Lipinski definition) is 0. The van der Waals surface area contributed by atoms with E-state index in [1.165, 1.54) is 26.4 Å². The number of methoxy groups -OCH3 is 2. The molecule has 132 valence electrons. The molecule has 0 aromatic heterocycles. The van der Waals surface area contributed by atoms with Crippen molar-refractivity contribution >= 4 is 23.2 Å². The van der Waals surface area contributed by atoms with E-state index in [9.17, 15) is 14.4 Å². The van der Waals surface area contributed by atoms with Gasteiger partial charge in [-0.25, -0.2) is 4.79 Å². The number of allylic oxidation sites excluding steroid dienone is 2. The number of hydrogen-bond acceptors (Lipinski definition) is 7. The van der Waals surface area contributed by atoms with E-state index in [1.807, 2.05) is 6.92 Å². The lowest BCUT2D eigenvalue weighted by molar-refractivity contribution is -0.143. The molecule has 25 heavy (non-hydrogen) atoms. The second kappa shape index (κ2) is 7.74. The zero-order valence-electron chi connectivity index (χ0n) is 14.5. The smallest absolute Gasteiger partial charge is 0.334 e. The van der Waals surface area contributed by atoms with Crippen LogP contribution in [0.25, 0.3) is 0 Å². The van der Waals surface area contributed by atoms with E-state index in [1.54, 1.807) is 13.0 Å². The lowest BCUT2D eigenvalue weighted by Crippen LogP contribution is -2.18. The van der Waals surface area contributed by atoms with Gasteiger partial charge in [0.05, 0.1) is 31.1 Å². The van der Waals surface area contributed by atoms with E-state index in [4.69, 9.17) is 14.3 Å². The number of nitrogens with zero attached hydrogens (tertiary/aromatic N) is 1. The Hall–Kier alpha value is -2.96. The van der Waals surface area contributed by atoms with Gasteiger partial charge in [0.2, 0.25) is 0 Å². The standard InChI is InChI=1S/C18H19NO6/c1-5-11(19-25-15(22)6-2)10-9-14(23-3)16-12(20)7-8-13(21)17(16)18(10)24-4/h7-9H,5-6H2,1-4H3. The van der Waals surface area contributed by atoms with Crippen LogP contribution in [0, 0.1) is 0 Å². The minimum absolute atomic E-state index is 0.118. The molecule has 1 aromatic carbocycles. The topological polar surface area (TPSA) is 91.3 Å². The molecule has 0 spiro atoms. The summed E-state index contributed by atoms with van der Waals surface area (Å²) in [5.74, 6) is -0.761. The van der Waals surface area contributed by atoms with Gasteiger partial charge in [0.25, 0.3) is 0 Å². The van der Waals surface area contributed by atoms with Crippen LogP contribution in [0.5, 0.6) is 11.5 Å². The van der Waals surface area contributed by atoms with Gasteiger partial charge in [-0.05, 0) is 24.6 Å². The van der Waals surface area contributed by atoms with Crippen LogP contribution in [0.3, 0.4) is 0 Å². The molecule has 0 fully saturated rings. The van der Waals surface area contributed by atoms with Crippen molar-refractivity contribution in [2.45, 2.75) is 26.7 Å². The number of ether oxygens (including phenoxy) is 2. The molecule has 0 amide bonds. The number of benzene rings is 1. The summed E-state index contributed by atoms with van der Waals surface area (Å²) in [4.78, 5) is 40.8. The second-order valence-electron chi connectivity index (χ2n) is 5.18. The Kier molecular flexibility index (Phi) is 5.69. The second-order valence-corrected chi connectivity index (χ2v) is 5.18. The molecular formula is C18H19NO6. The summed E-state index contributed by atoms with van der Waals surface area (Å²) in [7, 11) is 2.80. The average Bonchev–Trinajstić information content (AvgIpc) is 2.63. The van der Waals surface area contributed by atoms with Gasteiger partial charge in [-0.2, -0.15) is 0 Å². The molecule has 1 aliphatic carbocycles. The van der Waals surface area contributed by atoms with E-state index < -0.39 is 5.97 Å². The van der Waals surface area contributed by atoms with E-state index in [0.29, 0.717) is 17.7 Å². The third kappa shape index (κ3) is 3.45. The number of fused-ring (bicyclic) bond motifs is 1. The normalized spacial score (nSPS) is 13.5. The Bertz CT molecular complexity index is 791. The SMILES string of the molecule is CCC(=O)ON=C(CC)c1cc(OC)c2c(c1OC)C(=O)C=CC2=O. The highest BCUT2D eigenvalue weighted by atomic mass is 16.7. The van der Waals surface area contributed by atoms with Crippen molar-refractivity contribution in [1.82, 2.24) is 0 Å². The van der Waals surface area contributed by atoms with E-state index >= 15 is 0 Å². The Morgan fingerprint density at radius 1 is 1.00 bits per heavy atom. The van der Waals surface area contributed by atoms with Crippen LogP contribution in [0.4, 0.5) is 0 Å². The summed E-state index contributed by atoms with van der Waals surface area (Å²) in [6.45, 7) is 3.47. The van der Waals surface area contributed by atoms with Crippen LogP contribution in [0.15, 0.2) is 23.4 Å². The summed E-state index contributed by atoms with van der Waals surface area (Å²) in [6.07, 6.45) is 2.98. The van der Waals surface area contributed by atoms with E-state index in [0.717, 1.165) is 0 Å². The minimum atomic E-state index is -0.482. The van der Waals surface area contributed by atoms with Crippen molar-refractivity contribution in [2.24, 2.45) is 5.16 Å². The van der Waals surface area contributed by atoms with Gasteiger partial charge in [0.1, 0.15) is 11.5 Å². The number of carbonyl (C=O) groups is 3. The maximum Gasteiger partial charge on any atom is 0.334 e. The fourth-order valence-electron chi connectivity index (χ4n) is 2.50. The first-order valence-corrected chi connectivity index (χ1v) is 7.81. The lowest BCUT2D eigenvalue weighted by atomic mass is 9.89. The quantitative estimate of drug-likeness (QED) is 0.447. The monoisotopic (exact) mass is 345 g/mol. The molecule has 0 saturated heterocycles. The zero-order valence-corrected chi connectivity index (χ0v) is 14.5. The van der Waals surface area contributed by atoms with Crippen LogP contribution in [0.1, 0.15) is 53.0 Å². The molecule has 0 radical (unpaired) electrons. The molecule has 0 aliphatic heterocycles. The van der Waals surface area contributed by atoms with Crippen LogP contribution < -0.4 is 9.47 Å². The molecule has 1 aliphatic rings. The number of carbonyl (C=O) groups excluding carboxylic acids is 3. The molecule has 0 saturated carbocycles. The van der Waals surface area contributed by atoms with Crippen LogP contribution in [0.2, 0.25) is 0 Å². The number of ketones is 2. The van der Waals surface area contributed by atoms with Gasteiger partial charge in [-0.3, -0.25) is 9.59 Å². The minimum Gasteiger partial charge on any atom is -0.496 e. The molecular weight excluding hydrogens is 326 g/mol. The van der Waals surface area contributed by atoms with Crippen molar-refractivity contribution < 1.29 is 28.7 Å². The van der Waals surface area contributed by atoms with Gasteiger partial charge >= 0.3 is 5.97 Å². The van der Waals surface area contributed by atoms with Gasteiger partial charge in [0.15, 0.2) is 11.6 Å². The van der Waals surface area contributed by atoms with Crippen molar-refractivity contribution in [2.75, 3.05) is 14.2 Å². The summed E-state index contributed by atoms with van der Waals surface area (Å²) < 4.78 is 10.7. The van der Waals surface area contributed by atoms with Crippen molar-refractivity contribution in [3.8, 4) is 11.5 Å². The fourth-order valence-corrected chi connectivity index (χ4v) is 2.50. The highest BCUT2D eigenvalue weighted by molar-refractivity contribution is 6.25. The number of oxime groups is 1. The van der Waals surface area contributed by atoms with Crippen molar-refractivity contribution in [3.63, 3.8) is 0 Å². The first kappa shape index (κ1) is 18.4. The lowest BCUT2D eigenvalue weighted by Gasteiger charge is -2.20. The van der Waals surface area contributed by atoms with Gasteiger partial charge < -0.3 is 14.3 Å². The molecule has 7 heteroatoms. The molecule has 0 N–H and O–H groups in total. The largest absolute Gasteiger partial charge is 0.496 e. The Balaban J connectivity index is 2.71. The molecule has 0 bridgehead atoms. The van der Waals surface area contributed by atoms with Crippen molar-refractivity contribution in [1.29, 1.82) is 0 Å². The first-order chi connectivity index (χ1) is 12.0. The van der Waals surface area contributed by atoms with Gasteiger partial charge in [-0.1, -0.05) is 19.0 Å². The zero-order chi connectivity index (χ0) is 18.6. The molecule has 1 aromatic rings. The molecule has 0 atom stereocenters. The molecule has 7 nitrogen and oxygen atoms in total. The number of rotatable bonds is 6. The first-order valence-electron chi connectivity index (χ1n) is 7.81. The Morgan fingerprint density at radius 3 is 2.16 bits per heavy atom. The van der Waals surface area contributed by atoms with Gasteiger partial charge in [-0.15, -0.1) is 0 Å². The maximum absolute atomic E-state index is 12.4. The fraction of sp³-hybridized carbons (Fsp3) is 0.333. The molecule has 0 unspecified atom stereocenters. The predicted molar refractivity (Wildman–Crippen MR) is 90.6 cm³/mol. The van der Waals surface area contributed by atoms with Crippen LogP contribution in [-0.4, -0.2) is 37.5 Å². The summed E-state index contributed by atoms with van der Waals surface area (Å²) in [5, 5.41) is 3.88. The van der Waals surface area contributed by atoms with E-state index in [-0.39, 0.29) is 40.6 Å². The van der Waals surface area contributed by atoms with Crippen LogP contribution in [-0.2, 0) is 9.63 Å². The predicted octanol–water partition coefficient (Wildman–Crippen LogP) is 2.71. The Labute approximate surface area is 145 Å². The Morgan fingerprint density at radius 2 is 1.64 bits per heavy atom. The van der Waals surface area contributed by atoms with E-state index in [2.05, 4.69) is 5.16 Å². The third-order valence-electron chi connectivity index (χ3n) is 3.74. The summed E-state index contributed by atoms with van der Waals surface area (Å²) in [6, 6.07) is 1.56. The summed E-state index contributed by atoms with van der Waals surface area (Å²) in [5.41, 5.74) is 1.10. The maximum atomic E-state index is 12.4. The van der Waals surface area contributed by atoms with Crippen LogP contribution >= 0.6 is 0 Å².